The molecule has 13 heavy (non-hydrogen) atoms. The van der Waals surface area contributed by atoms with E-state index in [-0.39, 0.29) is 0 Å². The van der Waals surface area contributed by atoms with Gasteiger partial charge in [-0.3, -0.25) is 0 Å². The van der Waals surface area contributed by atoms with Gasteiger partial charge in [0.1, 0.15) is 0 Å². The smallest absolute Gasteiger partial charge is 0.0810 e. The number of unbranched alkanes of at least 4 members (excludes halogenated alkanes) is 6. The topological polar surface area (TPSA) is 12.5 Å². The Labute approximate surface area is 86.8 Å². The number of hydrogen-bond donors (Lipinski definition) is 0. The Hall–Kier alpha value is 0.250. The molecule has 1 nitrogen and oxygen atoms in total. The predicted molar refractivity (Wildman–Crippen MR) is 57.4 cm³/mol. The van der Waals surface area contributed by atoms with Gasteiger partial charge in [-0.05, 0) is 12.8 Å². The van der Waals surface area contributed by atoms with Crippen LogP contribution in [0.3, 0.4) is 0 Å². The lowest BCUT2D eigenvalue weighted by molar-refractivity contribution is 0.387. The van der Waals surface area contributed by atoms with Crippen LogP contribution in [0.4, 0.5) is 0 Å². The van der Waals surface area contributed by atoms with E-state index < -0.39 is 0 Å². The van der Waals surface area contributed by atoms with Crippen LogP contribution in [0, 0.1) is 0 Å². The minimum Gasteiger partial charge on any atom is -0.373 e. The molecule has 2 heteroatoms. The zero-order valence-corrected chi connectivity index (χ0v) is 9.19. The summed E-state index contributed by atoms with van der Waals surface area (Å²) in [6.07, 6.45) is 11.3. The summed E-state index contributed by atoms with van der Waals surface area (Å²) in [5.74, 6) is 0.832. The van der Waals surface area contributed by atoms with Crippen molar-refractivity contribution in [2.45, 2.75) is 57.5 Å². The van der Waals surface area contributed by atoms with Crippen LogP contribution < -0.4 is 0 Å². The molecule has 1 saturated heterocycles. The van der Waals surface area contributed by atoms with E-state index in [4.69, 9.17) is 16.3 Å². The van der Waals surface area contributed by atoms with Gasteiger partial charge in [0.2, 0.25) is 0 Å². The molecule has 1 heterocycles. The molecule has 1 atom stereocenters. The van der Waals surface area contributed by atoms with Crippen LogP contribution in [0.2, 0.25) is 0 Å². The number of alkyl halides is 1. The van der Waals surface area contributed by atoms with E-state index in [1.807, 2.05) is 0 Å². The maximum atomic E-state index is 5.59. The normalized spacial score (nSPS) is 20.5. The first-order valence-corrected chi connectivity index (χ1v) is 6.14. The molecule has 1 unspecified atom stereocenters. The summed E-state index contributed by atoms with van der Waals surface area (Å²) in [7, 11) is 0. The van der Waals surface area contributed by atoms with Crippen molar-refractivity contribution in [3.8, 4) is 0 Å². The molecule has 0 spiro atoms. The fraction of sp³-hybridized carbons (Fsp3) is 1.00. The summed E-state index contributed by atoms with van der Waals surface area (Å²) in [5.41, 5.74) is 0. The standard InChI is InChI=1S/C11H21ClO/c12-9-7-5-3-1-2-4-6-8-11-10-13-11/h11H,1-10H2. The number of epoxide rings is 1. The monoisotopic (exact) mass is 204 g/mol. The van der Waals surface area contributed by atoms with Crippen LogP contribution in [-0.2, 0) is 4.74 Å². The van der Waals surface area contributed by atoms with Gasteiger partial charge in [-0.15, -0.1) is 11.6 Å². The minimum absolute atomic E-state index is 0.635. The van der Waals surface area contributed by atoms with Gasteiger partial charge in [-0.2, -0.15) is 0 Å². The fourth-order valence-electron chi connectivity index (χ4n) is 1.59. The van der Waals surface area contributed by atoms with Crippen molar-refractivity contribution in [3.63, 3.8) is 0 Å². The first-order chi connectivity index (χ1) is 6.43. The molecule has 1 fully saturated rings. The first kappa shape index (κ1) is 11.3. The Bertz CT molecular complexity index is 113. The number of halogens is 1. The van der Waals surface area contributed by atoms with Crippen LogP contribution >= 0.6 is 11.6 Å². The Morgan fingerprint density at radius 2 is 1.46 bits per heavy atom. The SMILES string of the molecule is ClCCCCCCCCCC1CO1. The average molecular weight is 205 g/mol. The van der Waals surface area contributed by atoms with Crippen LogP contribution in [0.15, 0.2) is 0 Å². The molecule has 0 aromatic rings. The Kier molecular flexibility index (Phi) is 6.65. The molecule has 0 radical (unpaired) electrons. The summed E-state index contributed by atoms with van der Waals surface area (Å²) >= 11 is 5.59. The summed E-state index contributed by atoms with van der Waals surface area (Å²) in [6.45, 7) is 1.02. The maximum absolute atomic E-state index is 5.59. The van der Waals surface area contributed by atoms with Gasteiger partial charge in [0.15, 0.2) is 0 Å². The lowest BCUT2D eigenvalue weighted by Gasteiger charge is -1.99. The third-order valence-corrected chi connectivity index (χ3v) is 2.83. The summed E-state index contributed by atoms with van der Waals surface area (Å²) in [6, 6.07) is 0. The Balaban J connectivity index is 1.63. The predicted octanol–water partition coefficient (Wildman–Crippen LogP) is 3.74. The van der Waals surface area contributed by atoms with E-state index in [9.17, 15) is 0 Å². The van der Waals surface area contributed by atoms with E-state index in [2.05, 4.69) is 0 Å². The lowest BCUT2D eigenvalue weighted by Crippen LogP contribution is -1.86. The molecule has 1 aliphatic rings. The van der Waals surface area contributed by atoms with Crippen molar-refractivity contribution in [3.05, 3.63) is 0 Å². The molecular weight excluding hydrogens is 184 g/mol. The van der Waals surface area contributed by atoms with Gasteiger partial charge in [-0.1, -0.05) is 38.5 Å². The second kappa shape index (κ2) is 7.64. The number of hydrogen-bond acceptors (Lipinski definition) is 1. The molecule has 0 bridgehead atoms. The van der Waals surface area contributed by atoms with Gasteiger partial charge in [0, 0.05) is 5.88 Å². The second-order valence-corrected chi connectivity index (χ2v) is 4.29. The van der Waals surface area contributed by atoms with Crippen molar-refractivity contribution in [1.29, 1.82) is 0 Å². The molecule has 0 aromatic carbocycles. The van der Waals surface area contributed by atoms with E-state index in [1.54, 1.807) is 0 Å². The molecule has 78 valence electrons. The highest BCUT2D eigenvalue weighted by Crippen LogP contribution is 2.18. The molecule has 0 amide bonds. The molecule has 0 saturated carbocycles. The number of ether oxygens (including phenoxy) is 1. The average Bonchev–Trinajstić information content (AvgIpc) is 2.93. The first-order valence-electron chi connectivity index (χ1n) is 5.61. The summed E-state index contributed by atoms with van der Waals surface area (Å²) < 4.78 is 5.15. The lowest BCUT2D eigenvalue weighted by atomic mass is 10.1. The van der Waals surface area contributed by atoms with E-state index in [1.165, 1.54) is 51.4 Å². The van der Waals surface area contributed by atoms with Crippen LogP contribution in [0.25, 0.3) is 0 Å². The largest absolute Gasteiger partial charge is 0.373 e. The molecular formula is C11H21ClO. The summed E-state index contributed by atoms with van der Waals surface area (Å²) in [4.78, 5) is 0. The van der Waals surface area contributed by atoms with E-state index >= 15 is 0 Å². The van der Waals surface area contributed by atoms with Gasteiger partial charge in [-0.25, -0.2) is 0 Å². The Morgan fingerprint density at radius 3 is 2.00 bits per heavy atom. The minimum atomic E-state index is 0.635. The highest BCUT2D eigenvalue weighted by atomic mass is 35.5. The van der Waals surface area contributed by atoms with Crippen molar-refractivity contribution in [1.82, 2.24) is 0 Å². The van der Waals surface area contributed by atoms with Crippen LogP contribution in [0.5, 0.6) is 0 Å². The zero-order valence-electron chi connectivity index (χ0n) is 8.43. The van der Waals surface area contributed by atoms with Gasteiger partial charge in [0.25, 0.3) is 0 Å². The molecule has 0 N–H and O–H groups in total. The third-order valence-electron chi connectivity index (χ3n) is 2.56. The zero-order chi connectivity index (χ0) is 9.36. The molecule has 0 aliphatic carbocycles. The summed E-state index contributed by atoms with van der Waals surface area (Å²) in [5, 5.41) is 0. The van der Waals surface area contributed by atoms with Crippen LogP contribution in [-0.4, -0.2) is 18.6 Å². The van der Waals surface area contributed by atoms with E-state index in [0.29, 0.717) is 6.10 Å². The highest BCUT2D eigenvalue weighted by Gasteiger charge is 2.20. The molecule has 1 rings (SSSR count). The van der Waals surface area contributed by atoms with E-state index in [0.717, 1.165) is 12.5 Å². The highest BCUT2D eigenvalue weighted by molar-refractivity contribution is 6.17. The van der Waals surface area contributed by atoms with Gasteiger partial charge >= 0.3 is 0 Å². The molecule has 1 aliphatic heterocycles. The van der Waals surface area contributed by atoms with Crippen molar-refractivity contribution in [2.24, 2.45) is 0 Å². The van der Waals surface area contributed by atoms with Crippen LogP contribution in [0.1, 0.15) is 51.4 Å². The fourth-order valence-corrected chi connectivity index (χ4v) is 1.77. The second-order valence-electron chi connectivity index (χ2n) is 3.91. The third kappa shape index (κ3) is 7.33. The van der Waals surface area contributed by atoms with Crippen molar-refractivity contribution >= 4 is 11.6 Å². The Morgan fingerprint density at radius 1 is 0.923 bits per heavy atom. The number of rotatable bonds is 9. The van der Waals surface area contributed by atoms with Gasteiger partial charge in [0.05, 0.1) is 12.7 Å². The quantitative estimate of drug-likeness (QED) is 0.317. The van der Waals surface area contributed by atoms with Gasteiger partial charge < -0.3 is 4.74 Å². The molecule has 0 aromatic heterocycles. The maximum Gasteiger partial charge on any atom is 0.0810 e. The van der Waals surface area contributed by atoms with Crippen molar-refractivity contribution < 1.29 is 4.74 Å². The van der Waals surface area contributed by atoms with Crippen molar-refractivity contribution in [2.75, 3.05) is 12.5 Å².